The molecule has 0 unspecified atom stereocenters. The topological polar surface area (TPSA) is 98.8 Å². The fraction of sp³-hybridized carbons (Fsp3) is 0.294. The number of aryl methyl sites for hydroxylation is 1. The quantitative estimate of drug-likeness (QED) is 0.753. The van der Waals surface area contributed by atoms with Crippen molar-refractivity contribution in [2.45, 2.75) is 24.5 Å². The zero-order valence-corrected chi connectivity index (χ0v) is 16.4. The van der Waals surface area contributed by atoms with Crippen LogP contribution in [0.4, 0.5) is 5.69 Å². The minimum Gasteiger partial charge on any atom is -0.465 e. The van der Waals surface area contributed by atoms with Gasteiger partial charge < -0.3 is 9.47 Å². The molecule has 0 fully saturated rings. The third-order valence-corrected chi connectivity index (χ3v) is 6.88. The first-order valence-corrected chi connectivity index (χ1v) is 9.96. The van der Waals surface area contributed by atoms with Crippen molar-refractivity contribution in [2.75, 3.05) is 18.9 Å². The Morgan fingerprint density at radius 1 is 1.15 bits per heavy atom. The number of nitrogens with one attached hydrogen (secondary N) is 1. The van der Waals surface area contributed by atoms with Crippen LogP contribution in [-0.4, -0.2) is 34.6 Å². The number of ether oxygens (including phenoxy) is 2. The maximum absolute atomic E-state index is 12.9. The lowest BCUT2D eigenvalue weighted by molar-refractivity contribution is 0.0596. The Morgan fingerprint density at radius 3 is 2.38 bits per heavy atom. The molecule has 2 rings (SSSR count). The monoisotopic (exact) mass is 397 g/mol. The molecule has 0 atom stereocenters. The first kappa shape index (κ1) is 19.9. The summed E-state index contributed by atoms with van der Waals surface area (Å²) in [5.74, 6) is -1.55. The number of rotatable bonds is 6. The second-order valence-electron chi connectivity index (χ2n) is 5.36. The van der Waals surface area contributed by atoms with E-state index >= 15 is 0 Å². The van der Waals surface area contributed by atoms with Gasteiger partial charge in [-0.3, -0.25) is 4.72 Å². The van der Waals surface area contributed by atoms with Gasteiger partial charge in [-0.05, 0) is 36.6 Å². The van der Waals surface area contributed by atoms with Crippen LogP contribution in [0.2, 0.25) is 0 Å². The summed E-state index contributed by atoms with van der Waals surface area (Å²) in [5, 5.41) is 0. The summed E-state index contributed by atoms with van der Waals surface area (Å²) >= 11 is 0.673. The van der Waals surface area contributed by atoms with Crippen molar-refractivity contribution in [2.24, 2.45) is 0 Å². The van der Waals surface area contributed by atoms with Gasteiger partial charge >= 0.3 is 11.9 Å². The van der Waals surface area contributed by atoms with E-state index in [0.29, 0.717) is 17.0 Å². The molecule has 140 valence electrons. The number of carbonyl (C=O) groups is 2. The number of sulfonamides is 1. The van der Waals surface area contributed by atoms with Gasteiger partial charge in [-0.2, -0.15) is 0 Å². The van der Waals surface area contributed by atoms with Crippen LogP contribution in [0.1, 0.15) is 38.1 Å². The Morgan fingerprint density at radius 2 is 1.81 bits per heavy atom. The van der Waals surface area contributed by atoms with E-state index in [1.807, 2.05) is 13.0 Å². The van der Waals surface area contributed by atoms with Crippen molar-refractivity contribution in [3.63, 3.8) is 0 Å². The molecule has 1 aromatic carbocycles. The summed E-state index contributed by atoms with van der Waals surface area (Å²) in [6.07, 6.45) is 0.744. The van der Waals surface area contributed by atoms with Crippen LogP contribution in [0.25, 0.3) is 0 Å². The predicted molar refractivity (Wildman–Crippen MR) is 98.4 cm³/mol. The third-order valence-electron chi connectivity index (χ3n) is 3.71. The average Bonchev–Trinajstić information content (AvgIpc) is 2.98. The molecule has 0 aliphatic carbocycles. The molecule has 0 amide bonds. The van der Waals surface area contributed by atoms with Crippen molar-refractivity contribution >= 4 is 39.0 Å². The van der Waals surface area contributed by atoms with E-state index in [0.717, 1.165) is 19.1 Å². The van der Waals surface area contributed by atoms with Crippen molar-refractivity contribution < 1.29 is 27.5 Å². The zero-order chi connectivity index (χ0) is 19.5. The molecule has 2 aromatic rings. The van der Waals surface area contributed by atoms with E-state index in [4.69, 9.17) is 0 Å². The first-order valence-electron chi connectivity index (χ1n) is 7.66. The maximum atomic E-state index is 12.9. The third kappa shape index (κ3) is 3.88. The van der Waals surface area contributed by atoms with Gasteiger partial charge in [-0.25, -0.2) is 18.0 Å². The average molecular weight is 397 g/mol. The minimum atomic E-state index is -4.11. The summed E-state index contributed by atoms with van der Waals surface area (Å²) in [6, 6.07) is 6.92. The molecule has 0 spiro atoms. The standard InChI is InChI=1S/C17H19NO6S2/c1-5-11-7-6-8-12(9-11)18-26(21,22)17-13(15(19)23-3)10(2)14(25-17)16(20)24-4/h6-9,18H,5H2,1-4H3. The molecular weight excluding hydrogens is 378 g/mol. The molecule has 0 aliphatic rings. The van der Waals surface area contributed by atoms with Crippen molar-refractivity contribution in [1.29, 1.82) is 0 Å². The highest BCUT2D eigenvalue weighted by molar-refractivity contribution is 7.94. The van der Waals surface area contributed by atoms with Gasteiger partial charge in [0, 0.05) is 5.69 Å². The highest BCUT2D eigenvalue weighted by atomic mass is 32.2. The molecular formula is C17H19NO6S2. The number of benzene rings is 1. The summed E-state index contributed by atoms with van der Waals surface area (Å²) in [7, 11) is -1.78. The fourth-order valence-corrected chi connectivity index (χ4v) is 5.15. The SMILES string of the molecule is CCc1cccc(NS(=O)(=O)c2sc(C(=O)OC)c(C)c2C(=O)OC)c1. The van der Waals surface area contributed by atoms with Gasteiger partial charge in [0.2, 0.25) is 0 Å². The van der Waals surface area contributed by atoms with E-state index < -0.39 is 22.0 Å². The lowest BCUT2D eigenvalue weighted by Gasteiger charge is -2.09. The second kappa shape index (κ2) is 7.88. The smallest absolute Gasteiger partial charge is 0.348 e. The van der Waals surface area contributed by atoms with Gasteiger partial charge in [0.15, 0.2) is 4.21 Å². The maximum Gasteiger partial charge on any atom is 0.348 e. The first-order chi connectivity index (χ1) is 12.2. The Bertz CT molecular complexity index is 946. The van der Waals surface area contributed by atoms with E-state index in [1.54, 1.807) is 18.2 Å². The highest BCUT2D eigenvalue weighted by Gasteiger charge is 2.32. The number of hydrogen-bond donors (Lipinski definition) is 1. The molecule has 0 bridgehead atoms. The fourth-order valence-electron chi connectivity index (χ4n) is 2.36. The van der Waals surface area contributed by atoms with Gasteiger partial charge in [0.1, 0.15) is 4.88 Å². The molecule has 0 radical (unpaired) electrons. The molecule has 0 saturated heterocycles. The molecule has 9 heteroatoms. The molecule has 26 heavy (non-hydrogen) atoms. The van der Waals surface area contributed by atoms with Crippen LogP contribution in [0.15, 0.2) is 28.5 Å². The molecule has 1 N–H and O–H groups in total. The Hall–Kier alpha value is -2.39. The number of hydrogen-bond acceptors (Lipinski definition) is 7. The van der Waals surface area contributed by atoms with Gasteiger partial charge in [-0.15, -0.1) is 11.3 Å². The van der Waals surface area contributed by atoms with Gasteiger partial charge in [0.05, 0.1) is 19.8 Å². The summed E-state index contributed by atoms with van der Waals surface area (Å²) in [6.45, 7) is 3.43. The Balaban J connectivity index is 2.57. The summed E-state index contributed by atoms with van der Waals surface area (Å²) in [5.41, 5.74) is 1.36. The zero-order valence-electron chi connectivity index (χ0n) is 14.8. The van der Waals surface area contributed by atoms with E-state index in [-0.39, 0.29) is 20.2 Å². The van der Waals surface area contributed by atoms with Crippen molar-refractivity contribution in [3.8, 4) is 0 Å². The molecule has 0 aliphatic heterocycles. The van der Waals surface area contributed by atoms with Crippen molar-refractivity contribution in [3.05, 3.63) is 45.8 Å². The normalized spacial score (nSPS) is 11.1. The van der Waals surface area contributed by atoms with Crippen LogP contribution >= 0.6 is 11.3 Å². The second-order valence-corrected chi connectivity index (χ2v) is 8.26. The Kier molecular flexibility index (Phi) is 6.04. The van der Waals surface area contributed by atoms with Crippen LogP contribution in [0, 0.1) is 6.92 Å². The van der Waals surface area contributed by atoms with Crippen LogP contribution in [0.3, 0.4) is 0 Å². The van der Waals surface area contributed by atoms with Crippen molar-refractivity contribution in [1.82, 2.24) is 0 Å². The van der Waals surface area contributed by atoms with E-state index in [9.17, 15) is 18.0 Å². The number of anilines is 1. The highest BCUT2D eigenvalue weighted by Crippen LogP contribution is 2.34. The van der Waals surface area contributed by atoms with E-state index in [1.165, 1.54) is 14.0 Å². The van der Waals surface area contributed by atoms with Crippen LogP contribution in [-0.2, 0) is 25.9 Å². The number of esters is 2. The largest absolute Gasteiger partial charge is 0.465 e. The Labute approximate surface area is 156 Å². The number of carbonyl (C=O) groups excluding carboxylic acids is 2. The molecule has 1 heterocycles. The van der Waals surface area contributed by atoms with Crippen LogP contribution < -0.4 is 4.72 Å². The van der Waals surface area contributed by atoms with Gasteiger partial charge in [0.25, 0.3) is 10.0 Å². The number of thiophene rings is 1. The van der Waals surface area contributed by atoms with Crippen LogP contribution in [0.5, 0.6) is 0 Å². The lowest BCUT2D eigenvalue weighted by Crippen LogP contribution is -2.16. The molecule has 0 saturated carbocycles. The summed E-state index contributed by atoms with van der Waals surface area (Å²) < 4.78 is 37.2. The lowest BCUT2D eigenvalue weighted by atomic mass is 10.1. The number of methoxy groups -OCH3 is 2. The molecule has 7 nitrogen and oxygen atoms in total. The summed E-state index contributed by atoms with van der Waals surface area (Å²) in [4.78, 5) is 24.1. The minimum absolute atomic E-state index is 0.0376. The van der Waals surface area contributed by atoms with E-state index in [2.05, 4.69) is 14.2 Å². The molecule has 1 aromatic heterocycles. The predicted octanol–water partition coefficient (Wildman–Crippen LogP) is 2.99. The van der Waals surface area contributed by atoms with Gasteiger partial charge in [-0.1, -0.05) is 19.1 Å².